The van der Waals surface area contributed by atoms with Crippen molar-refractivity contribution >= 4 is 7.60 Å². The third-order valence-corrected chi connectivity index (χ3v) is 2.03. The van der Waals surface area contributed by atoms with E-state index in [1.807, 2.05) is 0 Å². The normalized spacial score (nSPS) is 17.6. The van der Waals surface area contributed by atoms with Gasteiger partial charge in [-0.3, -0.25) is 4.57 Å². The number of ether oxygens (including phenoxy) is 1. The number of methoxy groups -OCH3 is 1. The van der Waals surface area contributed by atoms with Gasteiger partial charge in [0.25, 0.3) is 0 Å². The van der Waals surface area contributed by atoms with Gasteiger partial charge in [0.1, 0.15) is 11.9 Å². The van der Waals surface area contributed by atoms with Crippen LogP contribution < -0.4 is 0 Å². The predicted octanol–water partition coefficient (Wildman–Crippen LogP) is 1.21. The smallest absolute Gasteiger partial charge is 0.362 e. The molecular weight excluding hydrogens is 171 g/mol. The summed E-state index contributed by atoms with van der Waals surface area (Å²) in [6.07, 6.45) is 1.19. The van der Waals surface area contributed by atoms with Gasteiger partial charge < -0.3 is 9.63 Å². The molecule has 0 saturated heterocycles. The van der Waals surface area contributed by atoms with E-state index in [2.05, 4.69) is 9.41 Å². The molecule has 0 aliphatic carbocycles. The molecule has 1 atom stereocenters. The molecule has 66 valence electrons. The SMILES string of the molecule is C/C=C(\CP(=O)(O)OO)OC. The van der Waals surface area contributed by atoms with Gasteiger partial charge in [0.15, 0.2) is 0 Å². The number of hydrogen-bond acceptors (Lipinski definition) is 4. The maximum atomic E-state index is 10.7. The minimum Gasteiger partial charge on any atom is -0.501 e. The summed E-state index contributed by atoms with van der Waals surface area (Å²) < 4.78 is 18.7. The molecule has 6 heteroatoms. The van der Waals surface area contributed by atoms with Crippen LogP contribution in [0.3, 0.4) is 0 Å². The molecule has 0 aromatic carbocycles. The summed E-state index contributed by atoms with van der Waals surface area (Å²) in [5.74, 6) is 0.296. The highest BCUT2D eigenvalue weighted by Gasteiger charge is 2.21. The summed E-state index contributed by atoms with van der Waals surface area (Å²) in [5.41, 5.74) is 0. The zero-order valence-corrected chi connectivity index (χ0v) is 7.25. The summed E-state index contributed by atoms with van der Waals surface area (Å²) in [5, 5.41) is 7.94. The van der Waals surface area contributed by atoms with E-state index in [-0.39, 0.29) is 6.16 Å². The molecule has 11 heavy (non-hydrogen) atoms. The lowest BCUT2D eigenvalue weighted by Crippen LogP contribution is -1.97. The molecule has 2 N–H and O–H groups in total. The Morgan fingerprint density at radius 3 is 2.55 bits per heavy atom. The molecule has 0 aliphatic rings. The Hall–Kier alpha value is -0.350. The average molecular weight is 182 g/mol. The topological polar surface area (TPSA) is 76.0 Å². The van der Waals surface area contributed by atoms with Crippen LogP contribution in [0.1, 0.15) is 6.92 Å². The molecule has 0 fully saturated rings. The first kappa shape index (κ1) is 10.7. The molecule has 0 radical (unpaired) electrons. The van der Waals surface area contributed by atoms with E-state index in [1.54, 1.807) is 6.92 Å². The van der Waals surface area contributed by atoms with Gasteiger partial charge in [0.05, 0.1) is 7.11 Å². The van der Waals surface area contributed by atoms with Crippen molar-refractivity contribution < 1.29 is 24.1 Å². The van der Waals surface area contributed by atoms with Crippen molar-refractivity contribution in [3.8, 4) is 0 Å². The van der Waals surface area contributed by atoms with Gasteiger partial charge in [-0.15, -0.1) is 0 Å². The zero-order valence-electron chi connectivity index (χ0n) is 6.35. The molecule has 0 bridgehead atoms. The van der Waals surface area contributed by atoms with Gasteiger partial charge in [-0.1, -0.05) is 0 Å². The van der Waals surface area contributed by atoms with E-state index in [1.165, 1.54) is 13.2 Å². The Balaban J connectivity index is 4.13. The Labute approximate surface area is 64.7 Å². The van der Waals surface area contributed by atoms with Gasteiger partial charge in [0.2, 0.25) is 0 Å². The van der Waals surface area contributed by atoms with Crippen LogP contribution in [0.15, 0.2) is 11.8 Å². The maximum absolute atomic E-state index is 10.7. The highest BCUT2D eigenvalue weighted by atomic mass is 31.2. The van der Waals surface area contributed by atoms with Crippen LogP contribution in [0.25, 0.3) is 0 Å². The number of allylic oxidation sites excluding steroid dienone is 2. The monoisotopic (exact) mass is 182 g/mol. The highest BCUT2D eigenvalue weighted by Crippen LogP contribution is 2.42. The molecule has 5 nitrogen and oxygen atoms in total. The van der Waals surface area contributed by atoms with Gasteiger partial charge >= 0.3 is 7.60 Å². The van der Waals surface area contributed by atoms with Crippen LogP contribution in [0, 0.1) is 0 Å². The van der Waals surface area contributed by atoms with E-state index < -0.39 is 7.60 Å². The first-order valence-electron chi connectivity index (χ1n) is 2.90. The predicted molar refractivity (Wildman–Crippen MR) is 39.2 cm³/mol. The van der Waals surface area contributed by atoms with Crippen molar-refractivity contribution in [2.45, 2.75) is 6.92 Å². The lowest BCUT2D eigenvalue weighted by molar-refractivity contribution is -0.145. The summed E-state index contributed by atoms with van der Waals surface area (Å²) in [6.45, 7) is 1.65. The third-order valence-electron chi connectivity index (χ3n) is 1.07. The molecule has 0 amide bonds. The van der Waals surface area contributed by atoms with Gasteiger partial charge in [-0.25, -0.2) is 5.26 Å². The van der Waals surface area contributed by atoms with Crippen molar-refractivity contribution in [1.82, 2.24) is 0 Å². The Morgan fingerprint density at radius 2 is 2.27 bits per heavy atom. The fourth-order valence-electron chi connectivity index (χ4n) is 0.499. The van der Waals surface area contributed by atoms with Gasteiger partial charge in [0, 0.05) is 0 Å². The van der Waals surface area contributed by atoms with Crippen molar-refractivity contribution in [2.75, 3.05) is 13.3 Å². The first-order valence-corrected chi connectivity index (χ1v) is 4.66. The number of rotatable bonds is 4. The molecule has 0 aromatic heterocycles. The minimum absolute atomic E-state index is 0.296. The fourth-order valence-corrected chi connectivity index (χ4v) is 1.26. The first-order chi connectivity index (χ1) is 5.05. The van der Waals surface area contributed by atoms with E-state index in [0.717, 1.165) is 0 Å². The Kier molecular flexibility index (Phi) is 4.37. The van der Waals surface area contributed by atoms with E-state index >= 15 is 0 Å². The van der Waals surface area contributed by atoms with E-state index in [0.29, 0.717) is 5.76 Å². The second-order valence-corrected chi connectivity index (χ2v) is 3.59. The van der Waals surface area contributed by atoms with Crippen molar-refractivity contribution in [3.05, 3.63) is 11.8 Å². The second kappa shape index (κ2) is 4.51. The van der Waals surface area contributed by atoms with Gasteiger partial charge in [-0.2, -0.15) is 4.67 Å². The molecule has 0 spiro atoms. The number of hydrogen-bond donors (Lipinski definition) is 2. The van der Waals surface area contributed by atoms with Crippen molar-refractivity contribution in [1.29, 1.82) is 0 Å². The lowest BCUT2D eigenvalue weighted by Gasteiger charge is -2.08. The lowest BCUT2D eigenvalue weighted by atomic mass is 10.5. The molecule has 1 unspecified atom stereocenters. The summed E-state index contributed by atoms with van der Waals surface area (Å²) in [7, 11) is -2.53. The molecule has 0 aliphatic heterocycles. The maximum Gasteiger partial charge on any atom is 0.362 e. The summed E-state index contributed by atoms with van der Waals surface area (Å²) >= 11 is 0. The van der Waals surface area contributed by atoms with Crippen LogP contribution in [0.5, 0.6) is 0 Å². The third kappa shape index (κ3) is 4.16. The highest BCUT2D eigenvalue weighted by molar-refractivity contribution is 7.52. The van der Waals surface area contributed by atoms with E-state index in [9.17, 15) is 4.57 Å². The standard InChI is InChI=1S/C5H11O5P/c1-3-5(9-2)4-11(7,8)10-6/h3,6H,4H2,1-2H3,(H,7,8)/b5-3+. The minimum atomic E-state index is -3.90. The van der Waals surface area contributed by atoms with Crippen LogP contribution in [0.4, 0.5) is 0 Å². The van der Waals surface area contributed by atoms with E-state index in [4.69, 9.17) is 10.2 Å². The van der Waals surface area contributed by atoms with Gasteiger partial charge in [-0.05, 0) is 13.0 Å². The molecule has 0 heterocycles. The van der Waals surface area contributed by atoms with Crippen LogP contribution in [-0.2, 0) is 14.0 Å². The fraction of sp³-hybridized carbons (Fsp3) is 0.600. The molecule has 0 aromatic rings. The Morgan fingerprint density at radius 1 is 1.73 bits per heavy atom. The largest absolute Gasteiger partial charge is 0.501 e. The van der Waals surface area contributed by atoms with Crippen LogP contribution in [-0.4, -0.2) is 23.4 Å². The summed E-state index contributed by atoms with van der Waals surface area (Å²) in [6, 6.07) is 0. The van der Waals surface area contributed by atoms with Crippen molar-refractivity contribution in [3.63, 3.8) is 0 Å². The molecular formula is C5H11O5P. The summed E-state index contributed by atoms with van der Waals surface area (Å²) in [4.78, 5) is 8.72. The van der Waals surface area contributed by atoms with Crippen LogP contribution >= 0.6 is 7.60 Å². The average Bonchev–Trinajstić information content (AvgIpc) is 2.00. The second-order valence-electron chi connectivity index (χ2n) is 1.84. The Bertz CT molecular complexity index is 187. The zero-order chi connectivity index (χ0) is 8.91. The van der Waals surface area contributed by atoms with Crippen LogP contribution in [0.2, 0.25) is 0 Å². The van der Waals surface area contributed by atoms with Crippen molar-refractivity contribution in [2.24, 2.45) is 0 Å². The quantitative estimate of drug-likeness (QED) is 0.296. The molecule has 0 saturated carbocycles. The molecule has 0 rings (SSSR count).